The second-order valence-corrected chi connectivity index (χ2v) is 5.62. The van der Waals surface area contributed by atoms with Crippen LogP contribution >= 0.6 is 11.3 Å². The van der Waals surface area contributed by atoms with Crippen LogP contribution in [-0.2, 0) is 6.54 Å². The van der Waals surface area contributed by atoms with E-state index in [1.54, 1.807) is 24.4 Å². The predicted molar refractivity (Wildman–Crippen MR) is 85.1 cm³/mol. The van der Waals surface area contributed by atoms with Crippen LogP contribution < -0.4 is 5.32 Å². The van der Waals surface area contributed by atoms with Crippen LogP contribution in [0.4, 0.5) is 4.39 Å². The lowest BCUT2D eigenvalue weighted by molar-refractivity contribution is 0.0951. The van der Waals surface area contributed by atoms with E-state index in [4.69, 9.17) is 0 Å². The van der Waals surface area contributed by atoms with Crippen LogP contribution in [0, 0.1) is 5.82 Å². The van der Waals surface area contributed by atoms with E-state index in [1.165, 1.54) is 23.5 Å². The van der Waals surface area contributed by atoms with E-state index < -0.39 is 0 Å². The molecule has 0 aliphatic rings. The van der Waals surface area contributed by atoms with E-state index in [2.05, 4.69) is 10.3 Å². The first kappa shape index (κ1) is 14.4. The Morgan fingerprint density at radius 1 is 1.18 bits per heavy atom. The van der Waals surface area contributed by atoms with Crippen molar-refractivity contribution < 1.29 is 9.18 Å². The van der Waals surface area contributed by atoms with Gasteiger partial charge in [0.05, 0.1) is 0 Å². The van der Waals surface area contributed by atoms with Gasteiger partial charge in [-0.05, 0) is 29.8 Å². The van der Waals surface area contributed by atoms with E-state index in [0.29, 0.717) is 12.1 Å². The SMILES string of the molecule is O=C(NCc1ccc(F)cc1)c1cccc(-c2nccs2)c1. The average Bonchev–Trinajstić information content (AvgIpc) is 3.09. The Bertz CT molecular complexity index is 770. The van der Waals surface area contributed by atoms with Gasteiger partial charge >= 0.3 is 0 Å². The highest BCUT2D eigenvalue weighted by Gasteiger charge is 2.08. The van der Waals surface area contributed by atoms with Gasteiger partial charge in [-0.3, -0.25) is 4.79 Å². The lowest BCUT2D eigenvalue weighted by Crippen LogP contribution is -2.22. The fourth-order valence-corrected chi connectivity index (χ4v) is 2.68. The summed E-state index contributed by atoms with van der Waals surface area (Å²) in [5.74, 6) is -0.450. The molecular formula is C17H13FN2OS. The predicted octanol–water partition coefficient (Wildman–Crippen LogP) is 3.88. The highest BCUT2D eigenvalue weighted by Crippen LogP contribution is 2.22. The van der Waals surface area contributed by atoms with Gasteiger partial charge in [-0.15, -0.1) is 11.3 Å². The monoisotopic (exact) mass is 312 g/mol. The molecule has 2 aromatic carbocycles. The maximum absolute atomic E-state index is 12.8. The maximum Gasteiger partial charge on any atom is 0.251 e. The first-order chi connectivity index (χ1) is 10.7. The van der Waals surface area contributed by atoms with E-state index in [0.717, 1.165) is 16.1 Å². The van der Waals surface area contributed by atoms with Gasteiger partial charge in [0.15, 0.2) is 0 Å². The minimum Gasteiger partial charge on any atom is -0.348 e. The molecule has 1 aromatic heterocycles. The zero-order valence-electron chi connectivity index (χ0n) is 11.6. The second kappa shape index (κ2) is 6.49. The molecule has 0 atom stereocenters. The smallest absolute Gasteiger partial charge is 0.251 e. The van der Waals surface area contributed by atoms with Gasteiger partial charge in [-0.25, -0.2) is 9.37 Å². The topological polar surface area (TPSA) is 42.0 Å². The number of nitrogens with zero attached hydrogens (tertiary/aromatic N) is 1. The zero-order valence-corrected chi connectivity index (χ0v) is 12.4. The number of rotatable bonds is 4. The van der Waals surface area contributed by atoms with Crippen molar-refractivity contribution in [1.82, 2.24) is 10.3 Å². The molecule has 0 unspecified atom stereocenters. The van der Waals surface area contributed by atoms with Gasteiger partial charge in [0.1, 0.15) is 10.8 Å². The van der Waals surface area contributed by atoms with E-state index in [9.17, 15) is 9.18 Å². The van der Waals surface area contributed by atoms with Crippen molar-refractivity contribution in [1.29, 1.82) is 0 Å². The summed E-state index contributed by atoms with van der Waals surface area (Å²) in [5, 5.41) is 5.61. The summed E-state index contributed by atoms with van der Waals surface area (Å²) in [5.41, 5.74) is 2.35. The average molecular weight is 312 g/mol. The van der Waals surface area contributed by atoms with E-state index in [-0.39, 0.29) is 11.7 Å². The molecular weight excluding hydrogens is 299 g/mol. The summed E-state index contributed by atoms with van der Waals surface area (Å²) in [6, 6.07) is 13.4. The van der Waals surface area contributed by atoms with Crippen molar-refractivity contribution in [3.05, 3.63) is 77.1 Å². The van der Waals surface area contributed by atoms with Crippen molar-refractivity contribution in [3.8, 4) is 10.6 Å². The molecule has 0 fully saturated rings. The molecule has 110 valence electrons. The number of amides is 1. The second-order valence-electron chi connectivity index (χ2n) is 4.73. The molecule has 0 saturated heterocycles. The van der Waals surface area contributed by atoms with Crippen LogP contribution in [0.15, 0.2) is 60.1 Å². The summed E-state index contributed by atoms with van der Waals surface area (Å²) in [4.78, 5) is 16.4. The van der Waals surface area contributed by atoms with Gasteiger partial charge in [-0.1, -0.05) is 24.3 Å². The van der Waals surface area contributed by atoms with Crippen LogP contribution in [0.2, 0.25) is 0 Å². The van der Waals surface area contributed by atoms with Gasteiger partial charge in [0.2, 0.25) is 0 Å². The third-order valence-electron chi connectivity index (χ3n) is 3.17. The summed E-state index contributed by atoms with van der Waals surface area (Å²) < 4.78 is 12.8. The van der Waals surface area contributed by atoms with Gasteiger partial charge in [0.25, 0.3) is 5.91 Å². The molecule has 3 rings (SSSR count). The number of benzene rings is 2. The molecule has 3 nitrogen and oxygen atoms in total. The molecule has 0 aliphatic carbocycles. The molecule has 3 aromatic rings. The van der Waals surface area contributed by atoms with Crippen LogP contribution in [0.25, 0.3) is 10.6 Å². The van der Waals surface area contributed by atoms with Crippen molar-refractivity contribution in [3.63, 3.8) is 0 Å². The standard InChI is InChI=1S/C17H13FN2OS/c18-15-6-4-12(5-7-15)11-20-16(21)13-2-1-3-14(10-13)17-19-8-9-22-17/h1-10H,11H2,(H,20,21). The molecule has 0 spiro atoms. The highest BCUT2D eigenvalue weighted by atomic mass is 32.1. The quantitative estimate of drug-likeness (QED) is 0.794. The Kier molecular flexibility index (Phi) is 4.25. The van der Waals surface area contributed by atoms with Gasteiger partial charge < -0.3 is 5.32 Å². The Morgan fingerprint density at radius 2 is 2.00 bits per heavy atom. The summed E-state index contributed by atoms with van der Waals surface area (Å²) in [6.45, 7) is 0.362. The molecule has 1 heterocycles. The van der Waals surface area contributed by atoms with Crippen molar-refractivity contribution in [2.75, 3.05) is 0 Å². The zero-order chi connectivity index (χ0) is 15.4. The van der Waals surface area contributed by atoms with Gasteiger partial charge in [-0.2, -0.15) is 0 Å². The summed E-state index contributed by atoms with van der Waals surface area (Å²) >= 11 is 1.53. The fraction of sp³-hybridized carbons (Fsp3) is 0.0588. The largest absolute Gasteiger partial charge is 0.348 e. The summed E-state index contributed by atoms with van der Waals surface area (Å²) in [6.07, 6.45) is 1.74. The first-order valence-corrected chi connectivity index (χ1v) is 7.63. The fourth-order valence-electron chi connectivity index (χ4n) is 2.05. The Labute approximate surface area is 131 Å². The van der Waals surface area contributed by atoms with Crippen LogP contribution in [0.5, 0.6) is 0 Å². The third kappa shape index (κ3) is 3.38. The maximum atomic E-state index is 12.8. The highest BCUT2D eigenvalue weighted by molar-refractivity contribution is 7.13. The van der Waals surface area contributed by atoms with E-state index >= 15 is 0 Å². The van der Waals surface area contributed by atoms with Crippen LogP contribution in [0.3, 0.4) is 0 Å². The molecule has 1 N–H and O–H groups in total. The van der Waals surface area contributed by atoms with Crippen LogP contribution in [-0.4, -0.2) is 10.9 Å². The molecule has 0 saturated carbocycles. The van der Waals surface area contributed by atoms with Crippen molar-refractivity contribution >= 4 is 17.2 Å². The molecule has 5 heteroatoms. The van der Waals surface area contributed by atoms with Gasteiger partial charge in [0, 0.05) is 29.2 Å². The van der Waals surface area contributed by atoms with Crippen molar-refractivity contribution in [2.24, 2.45) is 0 Å². The lowest BCUT2D eigenvalue weighted by Gasteiger charge is -2.06. The number of carbonyl (C=O) groups is 1. The van der Waals surface area contributed by atoms with E-state index in [1.807, 2.05) is 23.6 Å². The Hall–Kier alpha value is -2.53. The Balaban J connectivity index is 1.70. The number of hydrogen-bond donors (Lipinski definition) is 1. The number of aromatic nitrogens is 1. The molecule has 0 radical (unpaired) electrons. The number of halogens is 1. The summed E-state index contributed by atoms with van der Waals surface area (Å²) in [7, 11) is 0. The molecule has 0 bridgehead atoms. The third-order valence-corrected chi connectivity index (χ3v) is 3.99. The number of nitrogens with one attached hydrogen (secondary N) is 1. The lowest BCUT2D eigenvalue weighted by atomic mass is 10.1. The van der Waals surface area contributed by atoms with Crippen molar-refractivity contribution in [2.45, 2.75) is 6.54 Å². The minimum absolute atomic E-state index is 0.164. The molecule has 0 aliphatic heterocycles. The Morgan fingerprint density at radius 3 is 2.73 bits per heavy atom. The molecule has 22 heavy (non-hydrogen) atoms. The number of carbonyl (C=O) groups excluding carboxylic acids is 1. The first-order valence-electron chi connectivity index (χ1n) is 6.75. The molecule has 1 amide bonds. The normalized spacial score (nSPS) is 10.4. The number of thiazole rings is 1. The van der Waals surface area contributed by atoms with Crippen LogP contribution in [0.1, 0.15) is 15.9 Å². The minimum atomic E-state index is -0.286. The number of hydrogen-bond acceptors (Lipinski definition) is 3.